The van der Waals surface area contributed by atoms with Crippen LogP contribution in [0.1, 0.15) is 49.0 Å². The molecule has 2 aromatic heterocycles. The topological polar surface area (TPSA) is 74.3 Å². The molecule has 0 aromatic carbocycles. The molecular formula is C19H22N4O2S. The maximum atomic E-state index is 12.7. The van der Waals surface area contributed by atoms with Crippen molar-refractivity contribution in [3.63, 3.8) is 0 Å². The number of thiophene rings is 1. The van der Waals surface area contributed by atoms with E-state index in [1.54, 1.807) is 17.5 Å². The van der Waals surface area contributed by atoms with Crippen LogP contribution in [0.4, 0.5) is 5.69 Å². The van der Waals surface area contributed by atoms with Gasteiger partial charge >= 0.3 is 0 Å². The summed E-state index contributed by atoms with van der Waals surface area (Å²) in [6.45, 7) is 0.755. The number of piperidine rings is 1. The third-order valence-corrected chi connectivity index (χ3v) is 6.82. The minimum absolute atomic E-state index is 0.117. The van der Waals surface area contributed by atoms with Gasteiger partial charge in [0.25, 0.3) is 5.91 Å². The van der Waals surface area contributed by atoms with Crippen LogP contribution < -0.4 is 15.5 Å². The van der Waals surface area contributed by atoms with Gasteiger partial charge in [-0.25, -0.2) is 4.98 Å². The van der Waals surface area contributed by atoms with Crippen molar-refractivity contribution in [2.75, 3.05) is 11.4 Å². The summed E-state index contributed by atoms with van der Waals surface area (Å²) >= 11 is 1.57. The number of rotatable bonds is 3. The first kappa shape index (κ1) is 16.2. The SMILES string of the molecule is O=C(N[C@@H]1C[C@H]2CC[C@@H]1N2)c1cc2c(N3CCCCC3=O)csc2cn1. The molecule has 3 aliphatic heterocycles. The number of hydrogen-bond donors (Lipinski definition) is 2. The molecule has 0 radical (unpaired) electrons. The lowest BCUT2D eigenvalue weighted by Gasteiger charge is -2.26. The van der Waals surface area contributed by atoms with Gasteiger partial charge in [-0.05, 0) is 38.2 Å². The highest BCUT2D eigenvalue weighted by Gasteiger charge is 2.39. The van der Waals surface area contributed by atoms with Crippen LogP contribution in [0.15, 0.2) is 17.6 Å². The summed E-state index contributed by atoms with van der Waals surface area (Å²) in [5, 5.41) is 9.66. The molecule has 136 valence electrons. The van der Waals surface area contributed by atoms with Gasteiger partial charge in [-0.15, -0.1) is 11.3 Å². The largest absolute Gasteiger partial charge is 0.346 e. The van der Waals surface area contributed by atoms with Gasteiger partial charge in [0.2, 0.25) is 5.91 Å². The molecule has 3 fully saturated rings. The number of aromatic nitrogens is 1. The highest BCUT2D eigenvalue weighted by atomic mass is 32.1. The maximum absolute atomic E-state index is 12.7. The molecule has 2 amide bonds. The van der Waals surface area contributed by atoms with Gasteiger partial charge in [-0.3, -0.25) is 9.59 Å². The van der Waals surface area contributed by atoms with Gasteiger partial charge in [0, 0.05) is 48.1 Å². The van der Waals surface area contributed by atoms with Crippen molar-refractivity contribution < 1.29 is 9.59 Å². The van der Waals surface area contributed by atoms with Crippen molar-refractivity contribution >= 4 is 38.9 Å². The molecule has 3 saturated heterocycles. The average molecular weight is 370 g/mol. The molecule has 2 N–H and O–H groups in total. The first-order valence-corrected chi connectivity index (χ1v) is 10.3. The van der Waals surface area contributed by atoms with Gasteiger partial charge < -0.3 is 15.5 Å². The first-order chi connectivity index (χ1) is 12.7. The molecule has 7 heteroatoms. The van der Waals surface area contributed by atoms with E-state index in [1.807, 2.05) is 16.3 Å². The number of nitrogens with one attached hydrogen (secondary N) is 2. The first-order valence-electron chi connectivity index (χ1n) is 9.43. The fraction of sp³-hybridized carbons (Fsp3) is 0.526. The van der Waals surface area contributed by atoms with Crippen molar-refractivity contribution in [1.29, 1.82) is 0 Å². The van der Waals surface area contributed by atoms with E-state index in [0.717, 1.165) is 48.0 Å². The van der Waals surface area contributed by atoms with Crippen LogP contribution in [0.5, 0.6) is 0 Å². The van der Waals surface area contributed by atoms with Crippen molar-refractivity contribution in [3.05, 3.63) is 23.3 Å². The average Bonchev–Trinajstić information content (AvgIpc) is 3.37. The molecule has 3 aliphatic rings. The second kappa shape index (κ2) is 6.32. The van der Waals surface area contributed by atoms with Crippen LogP contribution in [-0.4, -0.2) is 41.5 Å². The summed E-state index contributed by atoms with van der Waals surface area (Å²) in [5.41, 5.74) is 1.36. The number of fused-ring (bicyclic) bond motifs is 3. The Balaban J connectivity index is 1.41. The number of nitrogens with zero attached hydrogens (tertiary/aromatic N) is 2. The summed E-state index contributed by atoms with van der Waals surface area (Å²) in [6, 6.07) is 2.99. The Bertz CT molecular complexity index is 880. The van der Waals surface area contributed by atoms with Gasteiger partial charge in [0.15, 0.2) is 0 Å². The lowest BCUT2D eigenvalue weighted by Crippen LogP contribution is -2.43. The predicted octanol–water partition coefficient (Wildman–Crippen LogP) is 2.44. The summed E-state index contributed by atoms with van der Waals surface area (Å²) < 4.78 is 1.01. The summed E-state index contributed by atoms with van der Waals surface area (Å²) in [5.74, 6) is 0.0557. The molecule has 0 spiro atoms. The van der Waals surface area contributed by atoms with E-state index in [0.29, 0.717) is 24.2 Å². The number of pyridine rings is 1. The maximum Gasteiger partial charge on any atom is 0.270 e. The van der Waals surface area contributed by atoms with E-state index < -0.39 is 0 Å². The zero-order valence-electron chi connectivity index (χ0n) is 14.5. The highest BCUT2D eigenvalue weighted by molar-refractivity contribution is 7.17. The Hall–Kier alpha value is -1.99. The number of amides is 2. The normalized spacial score (nSPS) is 28.1. The van der Waals surface area contributed by atoms with E-state index in [1.165, 1.54) is 6.42 Å². The molecule has 2 aromatic rings. The lowest BCUT2D eigenvalue weighted by atomic mass is 9.95. The zero-order valence-corrected chi connectivity index (χ0v) is 15.3. The highest BCUT2D eigenvalue weighted by Crippen LogP contribution is 2.35. The molecule has 3 atom stereocenters. The molecule has 5 heterocycles. The molecule has 0 unspecified atom stereocenters. The number of carbonyl (C=O) groups is 2. The van der Waals surface area contributed by atoms with E-state index in [2.05, 4.69) is 15.6 Å². The van der Waals surface area contributed by atoms with E-state index in [9.17, 15) is 9.59 Å². The molecule has 26 heavy (non-hydrogen) atoms. The zero-order chi connectivity index (χ0) is 17.7. The van der Waals surface area contributed by atoms with Crippen LogP contribution in [0, 0.1) is 0 Å². The predicted molar refractivity (Wildman–Crippen MR) is 102 cm³/mol. The number of anilines is 1. The van der Waals surface area contributed by atoms with Crippen molar-refractivity contribution in [1.82, 2.24) is 15.6 Å². The van der Waals surface area contributed by atoms with Crippen LogP contribution in [0.2, 0.25) is 0 Å². The van der Waals surface area contributed by atoms with Gasteiger partial charge in [0.1, 0.15) is 5.69 Å². The molecule has 0 aliphatic carbocycles. The fourth-order valence-electron chi connectivity index (χ4n) is 4.54. The van der Waals surface area contributed by atoms with E-state index >= 15 is 0 Å². The molecule has 0 saturated carbocycles. The summed E-state index contributed by atoms with van der Waals surface area (Å²) in [7, 11) is 0. The smallest absolute Gasteiger partial charge is 0.270 e. The van der Waals surface area contributed by atoms with Gasteiger partial charge in [-0.2, -0.15) is 0 Å². The van der Waals surface area contributed by atoms with E-state index in [4.69, 9.17) is 0 Å². The molecular weight excluding hydrogens is 348 g/mol. The molecule has 2 bridgehead atoms. The Morgan fingerprint density at radius 3 is 3.04 bits per heavy atom. The van der Waals surface area contributed by atoms with Gasteiger partial charge in [-0.1, -0.05) is 0 Å². The summed E-state index contributed by atoms with van der Waals surface area (Å²) in [6.07, 6.45) is 7.70. The minimum Gasteiger partial charge on any atom is -0.346 e. The summed E-state index contributed by atoms with van der Waals surface area (Å²) in [4.78, 5) is 31.2. The van der Waals surface area contributed by atoms with Crippen LogP contribution in [0.25, 0.3) is 10.1 Å². The number of hydrogen-bond acceptors (Lipinski definition) is 5. The second-order valence-corrected chi connectivity index (χ2v) is 8.46. The lowest BCUT2D eigenvalue weighted by molar-refractivity contribution is -0.119. The third kappa shape index (κ3) is 2.70. The molecule has 5 rings (SSSR count). The Kier molecular flexibility index (Phi) is 3.94. The van der Waals surface area contributed by atoms with Crippen molar-refractivity contribution in [3.8, 4) is 0 Å². The molecule has 6 nitrogen and oxygen atoms in total. The van der Waals surface area contributed by atoms with Gasteiger partial charge in [0.05, 0.1) is 10.4 Å². The quantitative estimate of drug-likeness (QED) is 0.870. The minimum atomic E-state index is -0.117. The fourth-order valence-corrected chi connectivity index (χ4v) is 5.44. The third-order valence-electron chi connectivity index (χ3n) is 5.90. The standard InChI is InChI=1S/C19H22N4O2S/c24-18-3-1-2-6-23(18)16-10-26-17-9-20-15(8-12(16)17)19(25)22-14-7-11-4-5-13(14)21-11/h8-11,13-14,21H,1-7H2,(H,22,25)/t11-,13+,14-/m1/s1. The van der Waals surface area contributed by atoms with Crippen LogP contribution >= 0.6 is 11.3 Å². The Morgan fingerprint density at radius 2 is 2.27 bits per heavy atom. The van der Waals surface area contributed by atoms with Crippen LogP contribution in [-0.2, 0) is 4.79 Å². The van der Waals surface area contributed by atoms with Crippen molar-refractivity contribution in [2.24, 2.45) is 0 Å². The second-order valence-electron chi connectivity index (χ2n) is 7.55. The van der Waals surface area contributed by atoms with Crippen LogP contribution in [0.3, 0.4) is 0 Å². The Morgan fingerprint density at radius 1 is 1.35 bits per heavy atom. The number of carbonyl (C=O) groups excluding carboxylic acids is 2. The van der Waals surface area contributed by atoms with Crippen molar-refractivity contribution in [2.45, 2.75) is 56.7 Å². The van der Waals surface area contributed by atoms with E-state index in [-0.39, 0.29) is 17.9 Å². The Labute approximate surface area is 156 Å². The monoisotopic (exact) mass is 370 g/mol.